The largest absolute Gasteiger partial charge is 0.444 e. The Morgan fingerprint density at radius 3 is 2.13 bits per heavy atom. The van der Waals surface area contributed by atoms with Crippen molar-refractivity contribution in [3.63, 3.8) is 0 Å². The quantitative estimate of drug-likeness (QED) is 0.200. The summed E-state index contributed by atoms with van der Waals surface area (Å²) in [7, 11) is 0. The second kappa shape index (κ2) is 11.0. The van der Waals surface area contributed by atoms with Crippen LogP contribution in [0.4, 0.5) is 0 Å². The fraction of sp³-hybridized carbons (Fsp3) is 0.0750. The summed E-state index contributed by atoms with van der Waals surface area (Å²) >= 11 is 0. The number of nitrogens with one attached hydrogen (secondary N) is 1. The highest BCUT2D eigenvalue weighted by atomic mass is 16.5. The highest BCUT2D eigenvalue weighted by Gasteiger charge is 2.22. The van der Waals surface area contributed by atoms with Gasteiger partial charge < -0.3 is 9.15 Å². The first-order valence-corrected chi connectivity index (χ1v) is 15.4. The molecule has 5 aromatic carbocycles. The first kappa shape index (κ1) is 26.7. The van der Waals surface area contributed by atoms with Crippen LogP contribution in [0, 0.1) is 0 Å². The summed E-state index contributed by atoms with van der Waals surface area (Å²) < 4.78 is 11.6. The van der Waals surface area contributed by atoms with Crippen LogP contribution in [-0.4, -0.2) is 28.2 Å². The summed E-state index contributed by atoms with van der Waals surface area (Å²) in [5.41, 5.74) is 8.30. The third kappa shape index (κ3) is 4.55. The monoisotopic (exact) mass is 596 g/mol. The van der Waals surface area contributed by atoms with Crippen molar-refractivity contribution in [3.8, 4) is 45.0 Å². The number of hydrogen-bond donors (Lipinski definition) is 1. The predicted octanol–water partition coefficient (Wildman–Crippen LogP) is 9.21. The number of aromatic nitrogens is 3. The lowest BCUT2D eigenvalue weighted by molar-refractivity contribution is 0.114. The number of ether oxygens (including phenoxy) is 1. The first-order chi connectivity index (χ1) is 22.8. The van der Waals surface area contributed by atoms with Gasteiger partial charge in [0.2, 0.25) is 0 Å². The zero-order valence-corrected chi connectivity index (χ0v) is 24.9. The third-order valence-corrected chi connectivity index (χ3v) is 8.97. The minimum Gasteiger partial charge on any atom is -0.444 e. The predicted molar refractivity (Wildman–Crippen MR) is 183 cm³/mol. The van der Waals surface area contributed by atoms with E-state index in [1.54, 1.807) is 6.20 Å². The molecule has 1 atom stereocenters. The topological polar surface area (TPSA) is 73.1 Å². The van der Waals surface area contributed by atoms with Crippen molar-refractivity contribution in [2.75, 3.05) is 13.3 Å². The Bertz CT molecular complexity index is 2390. The smallest absolute Gasteiger partial charge is 0.181 e. The number of hydrogen-bond acceptors (Lipinski definition) is 6. The molecule has 6 heteroatoms. The molecule has 46 heavy (non-hydrogen) atoms. The maximum atomic E-state index is 5.98. The van der Waals surface area contributed by atoms with Crippen LogP contribution in [0.15, 0.2) is 139 Å². The molecule has 0 radical (unpaired) electrons. The van der Waals surface area contributed by atoms with Gasteiger partial charge in [-0.2, -0.15) is 0 Å². The molecule has 1 aliphatic heterocycles. The minimum absolute atomic E-state index is 0.00487. The molecule has 6 nitrogen and oxygen atoms in total. The van der Waals surface area contributed by atoms with E-state index in [0.717, 1.165) is 67.3 Å². The molecule has 0 spiro atoms. The van der Waals surface area contributed by atoms with Gasteiger partial charge in [-0.1, -0.05) is 72.8 Å². The minimum atomic E-state index is -0.00487. The Hall–Kier alpha value is -5.69. The van der Waals surface area contributed by atoms with Crippen LogP contribution in [-0.2, 0) is 4.74 Å². The molecule has 1 aliphatic rings. The maximum absolute atomic E-state index is 5.98. The van der Waals surface area contributed by atoms with Crippen molar-refractivity contribution in [3.05, 3.63) is 140 Å². The van der Waals surface area contributed by atoms with Crippen molar-refractivity contribution in [1.82, 2.24) is 20.3 Å². The standard InChI is InChI=1S/C40H28N4O2/c1-2-6-26-17-27(10-9-25(26)5-1)28-11-12-33-34(18-28)40(36-20-30(14-16-44-36)38-22-42-24-46-38)32-8-4-3-7-31(32)39(33)35-19-29(13-15-43-35)37-21-41-23-45-37/h1-21,23,38,42H,22,24H2. The van der Waals surface area contributed by atoms with Crippen LogP contribution in [0.1, 0.15) is 11.7 Å². The fourth-order valence-corrected chi connectivity index (χ4v) is 6.76. The number of pyridine rings is 2. The van der Waals surface area contributed by atoms with Crippen molar-refractivity contribution < 1.29 is 9.15 Å². The first-order valence-electron chi connectivity index (χ1n) is 15.4. The van der Waals surface area contributed by atoms with Crippen molar-refractivity contribution in [1.29, 1.82) is 0 Å². The number of benzene rings is 5. The summed E-state index contributed by atoms with van der Waals surface area (Å²) in [5, 5.41) is 10.2. The van der Waals surface area contributed by atoms with E-state index in [0.29, 0.717) is 12.5 Å². The van der Waals surface area contributed by atoms with Crippen LogP contribution < -0.4 is 5.32 Å². The average Bonchev–Trinajstić information content (AvgIpc) is 3.86. The third-order valence-electron chi connectivity index (χ3n) is 8.97. The van der Waals surface area contributed by atoms with Crippen molar-refractivity contribution in [2.24, 2.45) is 0 Å². The van der Waals surface area contributed by atoms with E-state index >= 15 is 0 Å². The van der Waals surface area contributed by atoms with E-state index in [1.807, 2.05) is 18.5 Å². The number of nitrogens with zero attached hydrogens (tertiary/aromatic N) is 3. The van der Waals surface area contributed by atoms with Gasteiger partial charge >= 0.3 is 0 Å². The van der Waals surface area contributed by atoms with Gasteiger partial charge in [-0.25, -0.2) is 4.98 Å². The molecule has 8 aromatic rings. The van der Waals surface area contributed by atoms with E-state index < -0.39 is 0 Å². The number of rotatable bonds is 5. The molecule has 0 saturated carbocycles. The Kier molecular flexibility index (Phi) is 6.40. The van der Waals surface area contributed by atoms with Gasteiger partial charge in [-0.05, 0) is 85.4 Å². The number of fused-ring (bicyclic) bond motifs is 3. The van der Waals surface area contributed by atoms with E-state index in [9.17, 15) is 0 Å². The zero-order valence-electron chi connectivity index (χ0n) is 24.9. The van der Waals surface area contributed by atoms with E-state index in [-0.39, 0.29) is 6.10 Å². The average molecular weight is 597 g/mol. The summed E-state index contributed by atoms with van der Waals surface area (Å²) in [6, 6.07) is 38.8. The van der Waals surface area contributed by atoms with Crippen LogP contribution >= 0.6 is 0 Å². The van der Waals surface area contributed by atoms with E-state index in [4.69, 9.17) is 19.1 Å². The second-order valence-corrected chi connectivity index (χ2v) is 11.6. The molecule has 3 aromatic heterocycles. The second-order valence-electron chi connectivity index (χ2n) is 11.6. The summed E-state index contributed by atoms with van der Waals surface area (Å²) in [6.07, 6.45) is 6.92. The van der Waals surface area contributed by atoms with Crippen molar-refractivity contribution in [2.45, 2.75) is 6.10 Å². The molecule has 0 amide bonds. The molecule has 220 valence electrons. The summed E-state index contributed by atoms with van der Waals surface area (Å²) in [5.74, 6) is 0.706. The summed E-state index contributed by atoms with van der Waals surface area (Å²) in [6.45, 7) is 1.33. The Morgan fingerprint density at radius 1 is 0.609 bits per heavy atom. The molecule has 1 unspecified atom stereocenters. The fourth-order valence-electron chi connectivity index (χ4n) is 6.76. The van der Waals surface area contributed by atoms with Gasteiger partial charge in [-0.15, -0.1) is 0 Å². The highest BCUT2D eigenvalue weighted by Crippen LogP contribution is 2.45. The molecular formula is C40H28N4O2. The lowest BCUT2D eigenvalue weighted by atomic mass is 9.86. The molecular weight excluding hydrogens is 568 g/mol. The molecule has 4 heterocycles. The zero-order chi connectivity index (χ0) is 30.5. The van der Waals surface area contributed by atoms with Crippen LogP contribution in [0.2, 0.25) is 0 Å². The van der Waals surface area contributed by atoms with E-state index in [2.05, 4.69) is 113 Å². The normalized spacial score (nSPS) is 14.8. The van der Waals surface area contributed by atoms with E-state index in [1.165, 1.54) is 22.7 Å². The Labute approximate surface area is 265 Å². The van der Waals surface area contributed by atoms with Gasteiger partial charge in [-0.3, -0.25) is 15.3 Å². The van der Waals surface area contributed by atoms with Gasteiger partial charge in [0.1, 0.15) is 0 Å². The molecule has 1 fully saturated rings. The highest BCUT2D eigenvalue weighted by molar-refractivity contribution is 6.21. The lowest BCUT2D eigenvalue weighted by Crippen LogP contribution is -2.08. The molecule has 0 bridgehead atoms. The Morgan fingerprint density at radius 2 is 1.33 bits per heavy atom. The number of oxazole rings is 1. The van der Waals surface area contributed by atoms with Crippen LogP contribution in [0.5, 0.6) is 0 Å². The maximum Gasteiger partial charge on any atom is 0.181 e. The summed E-state index contributed by atoms with van der Waals surface area (Å²) in [4.78, 5) is 14.0. The van der Waals surface area contributed by atoms with Crippen LogP contribution in [0.25, 0.3) is 77.3 Å². The molecule has 1 N–H and O–H groups in total. The SMILES string of the molecule is c1ccc2cc(-c3ccc4c(-c5cc(-c6cnco6)ccn5)c5ccccc5c(-c5cc(C6CNCO6)ccn5)c4c3)ccc2c1. The van der Waals surface area contributed by atoms with Gasteiger partial charge in [0.05, 0.1) is 30.4 Å². The van der Waals surface area contributed by atoms with Gasteiger partial charge in [0.15, 0.2) is 12.2 Å². The van der Waals surface area contributed by atoms with Gasteiger partial charge in [0, 0.05) is 35.6 Å². The lowest BCUT2D eigenvalue weighted by Gasteiger charge is -2.19. The van der Waals surface area contributed by atoms with Gasteiger partial charge in [0.25, 0.3) is 0 Å². The molecule has 1 saturated heterocycles. The van der Waals surface area contributed by atoms with Crippen molar-refractivity contribution >= 4 is 32.3 Å². The van der Waals surface area contributed by atoms with Crippen LogP contribution in [0.3, 0.4) is 0 Å². The Balaban J connectivity index is 1.34. The molecule has 9 rings (SSSR count). The molecule has 0 aliphatic carbocycles.